The van der Waals surface area contributed by atoms with Gasteiger partial charge in [0.1, 0.15) is 0 Å². The first kappa shape index (κ1) is 35.0. The van der Waals surface area contributed by atoms with Crippen LogP contribution in [0.1, 0.15) is 132 Å². The van der Waals surface area contributed by atoms with Gasteiger partial charge >= 0.3 is 301 Å². The standard InChI is InChI=1S/C33H33.C9H18.C5H5.Zr/c1-4-5-16-30-24(3)28(19-26-14-10-7-11-15-26)21-33-31-20-27(18-25-12-8-6-9-13-25)23(2)17-29(31)22-32(30)33;1-3-5-7-9-8-6-4-2;1-2-4-5-3-1;/h6-15,17,20-22H,4-5,16,18-19H2,1-3H3;3-8H2,1-2H3;1-3H,4H2;. The molecule has 0 nitrogen and oxygen atoms in total. The molecule has 2 aliphatic rings. The average molecular weight is 712 g/mol. The van der Waals surface area contributed by atoms with E-state index in [0.717, 1.165) is 12.8 Å². The van der Waals surface area contributed by atoms with Crippen LogP contribution >= 0.6 is 0 Å². The summed E-state index contributed by atoms with van der Waals surface area (Å²) in [6, 6.07) is 30.2. The summed E-state index contributed by atoms with van der Waals surface area (Å²) in [4.78, 5) is 0. The normalized spacial score (nSPS) is 14.6. The predicted molar refractivity (Wildman–Crippen MR) is 206 cm³/mol. The summed E-state index contributed by atoms with van der Waals surface area (Å²) in [7, 11) is 0. The topological polar surface area (TPSA) is 0 Å². The van der Waals surface area contributed by atoms with Crippen molar-refractivity contribution in [1.29, 1.82) is 0 Å². The molecule has 4 aromatic rings. The van der Waals surface area contributed by atoms with E-state index in [1.807, 2.05) is 6.49 Å². The minimum atomic E-state index is -2.38. The Morgan fingerprint density at radius 2 is 1.31 bits per heavy atom. The number of hydrogen-bond acceptors (Lipinski definition) is 0. The van der Waals surface area contributed by atoms with Crippen molar-refractivity contribution >= 4 is 3.21 Å². The van der Waals surface area contributed by atoms with Gasteiger partial charge in [0.25, 0.3) is 0 Å². The summed E-state index contributed by atoms with van der Waals surface area (Å²) in [6.07, 6.45) is 22.2. The predicted octanol–water partition coefficient (Wildman–Crippen LogP) is 12.9. The Labute approximate surface area is 299 Å². The Morgan fingerprint density at radius 3 is 1.90 bits per heavy atom. The minimum absolute atomic E-state index is 0.577. The molecule has 0 saturated carbocycles. The van der Waals surface area contributed by atoms with Crippen LogP contribution in [-0.2, 0) is 40.5 Å². The van der Waals surface area contributed by atoms with Crippen LogP contribution in [0.4, 0.5) is 0 Å². The van der Waals surface area contributed by atoms with E-state index in [-0.39, 0.29) is 0 Å². The first-order chi connectivity index (χ1) is 23.5. The van der Waals surface area contributed by atoms with E-state index < -0.39 is 21.3 Å². The van der Waals surface area contributed by atoms with E-state index >= 15 is 0 Å². The van der Waals surface area contributed by atoms with Crippen molar-refractivity contribution in [2.24, 2.45) is 0 Å². The van der Waals surface area contributed by atoms with Gasteiger partial charge in [-0.3, -0.25) is 0 Å². The number of rotatable bonds is 15. The molecule has 1 atom stereocenters. The van der Waals surface area contributed by atoms with Crippen molar-refractivity contribution in [3.8, 4) is 11.1 Å². The molecule has 0 spiro atoms. The van der Waals surface area contributed by atoms with Crippen LogP contribution in [-0.4, -0.2) is 3.21 Å². The summed E-state index contributed by atoms with van der Waals surface area (Å²) in [6.45, 7) is 12.0. The van der Waals surface area contributed by atoms with Crippen molar-refractivity contribution in [2.75, 3.05) is 0 Å². The van der Waals surface area contributed by atoms with Crippen LogP contribution in [0.15, 0.2) is 100 Å². The summed E-state index contributed by atoms with van der Waals surface area (Å²) in [5.74, 6) is 0. The quantitative estimate of drug-likeness (QED) is 0.115. The molecule has 1 unspecified atom stereocenters. The second kappa shape index (κ2) is 16.7. The molecule has 0 heterocycles. The number of aryl methyl sites for hydroxylation is 1. The Bertz CT molecular complexity index is 1790. The van der Waals surface area contributed by atoms with Gasteiger partial charge in [0, 0.05) is 0 Å². The SMILES string of the molecule is CCCC[C](CCCC)=[Zr]([C]1=CC=CC1)[CH]1c2cc(C)c(Cc3ccccc3)cc2-c2cc(Cc3ccccc3)c(C)c(CCCC)c21. The number of unbranched alkanes of at least 4 members (excludes halogenated alkanes) is 3. The maximum absolute atomic E-state index is 2.68. The fourth-order valence-corrected chi connectivity index (χ4v) is 17.9. The van der Waals surface area contributed by atoms with E-state index in [1.165, 1.54) is 92.0 Å². The second-order valence-corrected chi connectivity index (χ2v) is 21.1. The molecule has 0 aromatic heterocycles. The van der Waals surface area contributed by atoms with E-state index in [0.29, 0.717) is 3.63 Å². The first-order valence-corrected chi connectivity index (χ1v) is 22.9. The zero-order chi connectivity index (χ0) is 33.5. The van der Waals surface area contributed by atoms with Crippen molar-refractivity contribution in [3.63, 3.8) is 0 Å². The van der Waals surface area contributed by atoms with Crippen molar-refractivity contribution < 1.29 is 21.3 Å². The third-order valence-corrected chi connectivity index (χ3v) is 19.6. The molecule has 0 fully saturated rings. The number of allylic oxidation sites excluding steroid dienone is 4. The molecule has 2 aliphatic carbocycles. The van der Waals surface area contributed by atoms with Crippen LogP contribution in [0.3, 0.4) is 0 Å². The van der Waals surface area contributed by atoms with Gasteiger partial charge in [-0.1, -0.05) is 0 Å². The van der Waals surface area contributed by atoms with Crippen molar-refractivity contribution in [3.05, 3.63) is 150 Å². The number of benzene rings is 4. The average Bonchev–Trinajstić information content (AvgIpc) is 3.74. The molecule has 0 saturated heterocycles. The second-order valence-electron chi connectivity index (χ2n) is 14.4. The van der Waals surface area contributed by atoms with E-state index in [4.69, 9.17) is 0 Å². The van der Waals surface area contributed by atoms with Crippen LogP contribution in [0.2, 0.25) is 0 Å². The summed E-state index contributed by atoms with van der Waals surface area (Å²) < 4.78 is 4.41. The molecule has 0 N–H and O–H groups in total. The molecular weight excluding hydrogens is 656 g/mol. The van der Waals surface area contributed by atoms with E-state index in [1.54, 1.807) is 33.4 Å². The fraction of sp³-hybridized carbons (Fsp3) is 0.383. The van der Waals surface area contributed by atoms with Crippen LogP contribution < -0.4 is 0 Å². The van der Waals surface area contributed by atoms with E-state index in [9.17, 15) is 0 Å². The Morgan fingerprint density at radius 1 is 0.708 bits per heavy atom. The van der Waals surface area contributed by atoms with Gasteiger partial charge in [-0.05, 0) is 0 Å². The molecule has 0 aliphatic heterocycles. The Hall–Kier alpha value is -2.89. The molecule has 248 valence electrons. The van der Waals surface area contributed by atoms with Gasteiger partial charge in [-0.25, -0.2) is 0 Å². The zero-order valence-electron chi connectivity index (χ0n) is 30.3. The fourth-order valence-electron chi connectivity index (χ4n) is 8.29. The molecule has 0 radical (unpaired) electrons. The third kappa shape index (κ3) is 7.63. The molecule has 6 rings (SSSR count). The van der Waals surface area contributed by atoms with Crippen LogP contribution in [0.5, 0.6) is 0 Å². The monoisotopic (exact) mass is 710 g/mol. The Kier molecular flexibility index (Phi) is 12.1. The Balaban J connectivity index is 1.63. The molecule has 1 heteroatoms. The first-order valence-electron chi connectivity index (χ1n) is 19.0. The molecular formula is C47H56Zr. The van der Waals surface area contributed by atoms with Gasteiger partial charge < -0.3 is 0 Å². The van der Waals surface area contributed by atoms with Gasteiger partial charge in [-0.15, -0.1) is 0 Å². The summed E-state index contributed by atoms with van der Waals surface area (Å²) in [5.41, 5.74) is 17.1. The molecule has 0 amide bonds. The van der Waals surface area contributed by atoms with Gasteiger partial charge in [-0.2, -0.15) is 0 Å². The van der Waals surface area contributed by atoms with Gasteiger partial charge in [0.05, 0.1) is 0 Å². The maximum atomic E-state index is 2.68. The van der Waals surface area contributed by atoms with Crippen molar-refractivity contribution in [1.82, 2.24) is 0 Å². The molecule has 0 bridgehead atoms. The molecule has 4 aromatic carbocycles. The summed E-state index contributed by atoms with van der Waals surface area (Å²) in [5, 5.41) is 0. The number of hydrogen-bond donors (Lipinski definition) is 0. The third-order valence-electron chi connectivity index (χ3n) is 11.0. The van der Waals surface area contributed by atoms with Gasteiger partial charge in [0.15, 0.2) is 0 Å². The van der Waals surface area contributed by atoms with Gasteiger partial charge in [0.2, 0.25) is 0 Å². The summed E-state index contributed by atoms with van der Waals surface area (Å²) >= 11 is -2.38. The zero-order valence-corrected chi connectivity index (χ0v) is 32.8. The number of fused-ring (bicyclic) bond motifs is 3. The van der Waals surface area contributed by atoms with E-state index in [2.05, 4.69) is 132 Å². The van der Waals surface area contributed by atoms with Crippen molar-refractivity contribution in [2.45, 2.75) is 115 Å². The molecule has 48 heavy (non-hydrogen) atoms. The van der Waals surface area contributed by atoms with Crippen LogP contribution in [0.25, 0.3) is 11.1 Å². The van der Waals surface area contributed by atoms with Crippen LogP contribution in [0, 0.1) is 13.8 Å².